The maximum atomic E-state index is 13.9. The molecule has 7 heteroatoms. The van der Waals surface area contributed by atoms with Gasteiger partial charge in [-0.1, -0.05) is 49.2 Å². The van der Waals surface area contributed by atoms with Gasteiger partial charge in [0.05, 0.1) is 5.54 Å². The minimum absolute atomic E-state index is 0.00653. The van der Waals surface area contributed by atoms with E-state index in [0.717, 1.165) is 35.5 Å². The van der Waals surface area contributed by atoms with E-state index in [2.05, 4.69) is 19.9 Å². The highest BCUT2D eigenvalue weighted by atomic mass is 35.5. The molecule has 0 N–H and O–H groups in total. The van der Waals surface area contributed by atoms with Gasteiger partial charge >= 0.3 is 0 Å². The summed E-state index contributed by atoms with van der Waals surface area (Å²) in [6, 6.07) is 15.6. The van der Waals surface area contributed by atoms with Crippen molar-refractivity contribution >= 4 is 34.8 Å². The van der Waals surface area contributed by atoms with Gasteiger partial charge in [0.15, 0.2) is 0 Å². The second-order valence-electron chi connectivity index (χ2n) is 11.4. The first kappa shape index (κ1) is 30.4. The third kappa shape index (κ3) is 7.95. The molecule has 0 bridgehead atoms. The zero-order chi connectivity index (χ0) is 28.7. The van der Waals surface area contributed by atoms with Crippen molar-refractivity contribution in [3.8, 4) is 0 Å². The molecule has 210 valence electrons. The van der Waals surface area contributed by atoms with Crippen LogP contribution in [0.25, 0.3) is 0 Å². The summed E-state index contributed by atoms with van der Waals surface area (Å²) in [7, 11) is 3.92. The molecule has 2 aromatic rings. The Bertz CT molecular complexity index is 1230. The molecule has 2 aromatic carbocycles. The number of aliphatic imine (C=N–C) groups is 1. The summed E-state index contributed by atoms with van der Waals surface area (Å²) in [6.07, 6.45) is 4.37. The third-order valence-electron chi connectivity index (χ3n) is 7.46. The number of amides is 2. The highest BCUT2D eigenvalue weighted by Crippen LogP contribution is 2.25. The standard InChI is InChI=1S/C32H43ClN4O2/c1-8-24(3)29(34-21-23(2)15-16-25-11-9-13-27(33)19-25)31(39)37-18-17-36(22-32(37,4)5)30(38)26-12-10-14-28(20-26)35(6)7/h9-14,19-21,24H,8,15-18,22H2,1-7H3. The normalized spacial score (nSPS) is 16.7. The number of carbonyl (C=O) groups excluding carboxylic acids is 2. The Kier molecular flexibility index (Phi) is 10.4. The number of hydrogen-bond acceptors (Lipinski definition) is 4. The van der Waals surface area contributed by atoms with Crippen molar-refractivity contribution in [3.63, 3.8) is 0 Å². The van der Waals surface area contributed by atoms with Crippen LogP contribution in [0, 0.1) is 5.92 Å². The number of halogens is 1. The average molecular weight is 551 g/mol. The Hall–Kier alpha value is -3.12. The summed E-state index contributed by atoms with van der Waals surface area (Å²) in [6.45, 7) is 11.7. The Morgan fingerprint density at radius 3 is 2.49 bits per heavy atom. The topological polar surface area (TPSA) is 56.2 Å². The van der Waals surface area contributed by atoms with Crippen LogP contribution in [0.15, 0.2) is 65.3 Å². The monoisotopic (exact) mass is 550 g/mol. The summed E-state index contributed by atoms with van der Waals surface area (Å²) in [4.78, 5) is 37.7. The van der Waals surface area contributed by atoms with Crippen molar-refractivity contribution in [3.05, 3.63) is 76.5 Å². The minimum Gasteiger partial charge on any atom is -0.378 e. The van der Waals surface area contributed by atoms with E-state index in [1.54, 1.807) is 0 Å². The van der Waals surface area contributed by atoms with Crippen LogP contribution in [0.4, 0.5) is 5.69 Å². The number of aryl methyl sites for hydroxylation is 1. The Morgan fingerprint density at radius 1 is 1.13 bits per heavy atom. The third-order valence-corrected chi connectivity index (χ3v) is 7.70. The van der Waals surface area contributed by atoms with Crippen LogP contribution in [-0.2, 0) is 11.2 Å². The lowest BCUT2D eigenvalue weighted by molar-refractivity contribution is -0.132. The van der Waals surface area contributed by atoms with Crippen LogP contribution < -0.4 is 4.90 Å². The highest BCUT2D eigenvalue weighted by Gasteiger charge is 2.40. The Balaban J connectivity index is 1.73. The average Bonchev–Trinajstić information content (AvgIpc) is 2.90. The first-order chi connectivity index (χ1) is 18.4. The SMILES string of the molecule is CCC(C)C(=NC=C(C)CCc1cccc(Cl)c1)C(=O)N1CCN(C(=O)c2cccc(N(C)C)c2)CC1(C)C. The first-order valence-electron chi connectivity index (χ1n) is 13.8. The molecule has 0 saturated carbocycles. The fraction of sp³-hybridized carbons (Fsp3) is 0.469. The Labute approximate surface area is 239 Å². The van der Waals surface area contributed by atoms with E-state index in [9.17, 15) is 9.59 Å². The molecule has 2 amide bonds. The molecule has 39 heavy (non-hydrogen) atoms. The van der Waals surface area contributed by atoms with Crippen molar-refractivity contribution in [2.45, 2.75) is 59.4 Å². The molecule has 1 unspecified atom stereocenters. The molecule has 1 heterocycles. The van der Waals surface area contributed by atoms with Crippen molar-refractivity contribution < 1.29 is 9.59 Å². The van der Waals surface area contributed by atoms with Gasteiger partial charge < -0.3 is 14.7 Å². The smallest absolute Gasteiger partial charge is 0.269 e. The van der Waals surface area contributed by atoms with Gasteiger partial charge in [0.25, 0.3) is 11.8 Å². The predicted octanol–water partition coefficient (Wildman–Crippen LogP) is 6.49. The molecule has 3 rings (SSSR count). The van der Waals surface area contributed by atoms with E-state index in [1.165, 1.54) is 5.56 Å². The van der Waals surface area contributed by atoms with Crippen LogP contribution in [0.3, 0.4) is 0 Å². The van der Waals surface area contributed by atoms with Crippen molar-refractivity contribution in [2.75, 3.05) is 38.6 Å². The van der Waals surface area contributed by atoms with Gasteiger partial charge in [-0.3, -0.25) is 14.6 Å². The highest BCUT2D eigenvalue weighted by molar-refractivity contribution is 6.39. The summed E-state index contributed by atoms with van der Waals surface area (Å²) < 4.78 is 0. The number of benzene rings is 2. The van der Waals surface area contributed by atoms with Gasteiger partial charge in [0.1, 0.15) is 5.71 Å². The van der Waals surface area contributed by atoms with Crippen molar-refractivity contribution in [2.24, 2.45) is 10.9 Å². The number of rotatable bonds is 9. The number of anilines is 1. The van der Waals surface area contributed by atoms with Crippen molar-refractivity contribution in [1.82, 2.24) is 9.80 Å². The lowest BCUT2D eigenvalue weighted by Gasteiger charge is -2.47. The lowest BCUT2D eigenvalue weighted by atomic mass is 9.94. The van der Waals surface area contributed by atoms with E-state index in [4.69, 9.17) is 16.6 Å². The number of allylic oxidation sites excluding steroid dienone is 1. The van der Waals surface area contributed by atoms with E-state index in [1.807, 2.05) is 98.2 Å². The van der Waals surface area contributed by atoms with Gasteiger partial charge in [0.2, 0.25) is 0 Å². The summed E-state index contributed by atoms with van der Waals surface area (Å²) in [5.74, 6) is -0.0263. The Morgan fingerprint density at radius 2 is 1.85 bits per heavy atom. The van der Waals surface area contributed by atoms with Gasteiger partial charge in [-0.2, -0.15) is 0 Å². The van der Waals surface area contributed by atoms with Gasteiger partial charge in [-0.25, -0.2) is 0 Å². The predicted molar refractivity (Wildman–Crippen MR) is 163 cm³/mol. The second kappa shape index (κ2) is 13.3. The summed E-state index contributed by atoms with van der Waals surface area (Å²) >= 11 is 6.12. The molecule has 1 saturated heterocycles. The van der Waals surface area contributed by atoms with E-state index in [0.29, 0.717) is 30.9 Å². The minimum atomic E-state index is -0.524. The summed E-state index contributed by atoms with van der Waals surface area (Å²) in [5, 5.41) is 0.739. The molecular formula is C32H43ClN4O2. The number of carbonyl (C=O) groups is 2. The van der Waals surface area contributed by atoms with Crippen LogP contribution in [0.2, 0.25) is 5.02 Å². The van der Waals surface area contributed by atoms with Gasteiger partial charge in [-0.05, 0) is 75.9 Å². The molecule has 1 aliphatic rings. The lowest BCUT2D eigenvalue weighted by Crippen LogP contribution is -2.63. The zero-order valence-electron chi connectivity index (χ0n) is 24.5. The molecular weight excluding hydrogens is 508 g/mol. The zero-order valence-corrected chi connectivity index (χ0v) is 25.3. The molecule has 1 fully saturated rings. The fourth-order valence-electron chi connectivity index (χ4n) is 4.81. The molecule has 0 radical (unpaired) electrons. The second-order valence-corrected chi connectivity index (χ2v) is 11.8. The molecule has 6 nitrogen and oxygen atoms in total. The molecule has 0 spiro atoms. The molecule has 0 aliphatic carbocycles. The molecule has 0 aromatic heterocycles. The summed E-state index contributed by atoms with van der Waals surface area (Å²) in [5.41, 5.74) is 3.99. The van der Waals surface area contributed by atoms with E-state index >= 15 is 0 Å². The van der Waals surface area contributed by atoms with Crippen LogP contribution in [0.1, 0.15) is 63.4 Å². The van der Waals surface area contributed by atoms with Gasteiger partial charge in [0, 0.05) is 62.1 Å². The van der Waals surface area contributed by atoms with Crippen LogP contribution in [-0.4, -0.2) is 66.6 Å². The number of nitrogens with zero attached hydrogens (tertiary/aromatic N) is 4. The van der Waals surface area contributed by atoms with Crippen LogP contribution >= 0.6 is 11.6 Å². The number of hydrogen-bond donors (Lipinski definition) is 0. The van der Waals surface area contributed by atoms with Crippen molar-refractivity contribution in [1.29, 1.82) is 0 Å². The number of piperazine rings is 1. The quantitative estimate of drug-likeness (QED) is 0.335. The fourth-order valence-corrected chi connectivity index (χ4v) is 5.02. The largest absolute Gasteiger partial charge is 0.378 e. The maximum Gasteiger partial charge on any atom is 0.269 e. The molecule has 1 atom stereocenters. The molecule has 1 aliphatic heterocycles. The van der Waals surface area contributed by atoms with Gasteiger partial charge in [-0.15, -0.1) is 0 Å². The maximum absolute atomic E-state index is 13.9. The van der Waals surface area contributed by atoms with E-state index in [-0.39, 0.29) is 17.7 Å². The first-order valence-corrected chi connectivity index (χ1v) is 14.2. The van der Waals surface area contributed by atoms with E-state index < -0.39 is 5.54 Å². The van der Waals surface area contributed by atoms with Crippen LogP contribution in [0.5, 0.6) is 0 Å².